The van der Waals surface area contributed by atoms with E-state index in [2.05, 4.69) is 16.0 Å². The number of rotatable bonds is 15. The lowest BCUT2D eigenvalue weighted by Gasteiger charge is -2.46. The summed E-state index contributed by atoms with van der Waals surface area (Å²) in [6.45, 7) is 1.04. The Labute approximate surface area is 210 Å². The summed E-state index contributed by atoms with van der Waals surface area (Å²) in [6.07, 6.45) is -9.50. The second-order valence-electron chi connectivity index (χ2n) is 8.91. The van der Waals surface area contributed by atoms with Crippen molar-refractivity contribution in [1.82, 2.24) is 0 Å². The van der Waals surface area contributed by atoms with Gasteiger partial charge in [0.1, 0.15) is 48.8 Å². The first-order valence-corrected chi connectivity index (χ1v) is 13.7. The monoisotopic (exact) mass is 548 g/mol. The van der Waals surface area contributed by atoms with Crippen molar-refractivity contribution < 1.29 is 68.1 Å². The first-order chi connectivity index (χ1) is 17.1. The highest BCUT2D eigenvalue weighted by molar-refractivity contribution is 7.47. The van der Waals surface area contributed by atoms with Crippen LogP contribution in [0.4, 0.5) is 0 Å². The number of unbranched alkanes of at least 4 members (excludes halogenated alkanes) is 5. The van der Waals surface area contributed by atoms with Crippen LogP contribution in [0.2, 0.25) is 0 Å². The Morgan fingerprint density at radius 2 is 1.42 bits per heavy atom. The highest BCUT2D eigenvalue weighted by Crippen LogP contribution is 2.42. The Balaban J connectivity index is 2.06. The number of aliphatic hydroxyl groups excluding tert-OH is 6. The lowest BCUT2D eigenvalue weighted by atomic mass is 9.97. The Morgan fingerprint density at radius 3 is 2.06 bits per heavy atom. The Bertz CT molecular complexity index is 671. The van der Waals surface area contributed by atoms with Crippen molar-refractivity contribution >= 4 is 7.82 Å². The summed E-state index contributed by atoms with van der Waals surface area (Å²) < 4.78 is 42.9. The van der Waals surface area contributed by atoms with Crippen LogP contribution in [0.5, 0.6) is 0 Å². The van der Waals surface area contributed by atoms with Gasteiger partial charge in [-0.25, -0.2) is 4.57 Å². The van der Waals surface area contributed by atoms with Crippen LogP contribution in [0, 0.1) is 0 Å². The van der Waals surface area contributed by atoms with Gasteiger partial charge < -0.3 is 54.5 Å². The van der Waals surface area contributed by atoms with Crippen molar-refractivity contribution in [2.24, 2.45) is 0 Å². The van der Waals surface area contributed by atoms with E-state index in [1.54, 1.807) is 0 Å². The minimum Gasteiger partial charge on any atom is -0.394 e. The van der Waals surface area contributed by atoms with Gasteiger partial charge in [-0.2, -0.15) is 0 Å². The number of hydrogen-bond donors (Lipinski definition) is 7. The SMILES string of the molecule is CCCCCCCCO[C@H]1O[C@H](CO)[C@@H](O)[C@H](O)[C@@H]1O[C@H]1O[C@H](COP(=O)(O)OC)[C@@H](O)[C@H](O)[C@@H]1O. The molecule has 7 N–H and O–H groups in total. The molecule has 0 amide bonds. The fourth-order valence-corrected chi connectivity index (χ4v) is 4.40. The second-order valence-corrected chi connectivity index (χ2v) is 10.5. The number of hydrogen-bond acceptors (Lipinski definition) is 13. The van der Waals surface area contributed by atoms with E-state index in [1.807, 2.05) is 0 Å². The van der Waals surface area contributed by atoms with Crippen molar-refractivity contribution in [2.45, 2.75) is 107 Å². The predicted octanol–water partition coefficient (Wildman–Crippen LogP) is -1.24. The van der Waals surface area contributed by atoms with Gasteiger partial charge in [0.15, 0.2) is 12.6 Å². The highest BCUT2D eigenvalue weighted by Gasteiger charge is 2.51. The lowest BCUT2D eigenvalue weighted by molar-refractivity contribution is -0.367. The minimum absolute atomic E-state index is 0.228. The zero-order valence-electron chi connectivity index (χ0n) is 20.6. The third-order valence-corrected chi connectivity index (χ3v) is 7.13. The average Bonchev–Trinajstić information content (AvgIpc) is 2.86. The molecule has 214 valence electrons. The van der Waals surface area contributed by atoms with E-state index in [1.165, 1.54) is 0 Å². The maximum atomic E-state index is 11.6. The van der Waals surface area contributed by atoms with E-state index < -0.39 is 82.4 Å². The number of ether oxygens (including phenoxy) is 4. The van der Waals surface area contributed by atoms with Gasteiger partial charge in [0, 0.05) is 13.7 Å². The summed E-state index contributed by atoms with van der Waals surface area (Å²) >= 11 is 0. The topological polar surface area (TPSA) is 214 Å². The minimum atomic E-state index is -4.43. The summed E-state index contributed by atoms with van der Waals surface area (Å²) in [5, 5.41) is 61.3. The molecule has 0 spiro atoms. The molecule has 15 heteroatoms. The summed E-state index contributed by atoms with van der Waals surface area (Å²) in [7, 11) is -3.50. The van der Waals surface area contributed by atoms with Gasteiger partial charge in [0.05, 0.1) is 13.2 Å². The Morgan fingerprint density at radius 1 is 0.806 bits per heavy atom. The summed E-state index contributed by atoms with van der Waals surface area (Å²) in [6, 6.07) is 0. The second kappa shape index (κ2) is 15.3. The number of phosphoric ester groups is 1. The van der Waals surface area contributed by atoms with Crippen LogP contribution in [0.25, 0.3) is 0 Å². The van der Waals surface area contributed by atoms with Crippen LogP contribution < -0.4 is 0 Å². The predicted molar refractivity (Wildman–Crippen MR) is 121 cm³/mol. The molecule has 11 atom stereocenters. The van der Waals surface area contributed by atoms with Crippen molar-refractivity contribution in [1.29, 1.82) is 0 Å². The molecule has 2 aliphatic rings. The van der Waals surface area contributed by atoms with Crippen molar-refractivity contribution in [2.75, 3.05) is 26.9 Å². The molecule has 0 radical (unpaired) electrons. The smallest absolute Gasteiger partial charge is 0.394 e. The van der Waals surface area contributed by atoms with Crippen molar-refractivity contribution in [3.63, 3.8) is 0 Å². The molecule has 0 aromatic carbocycles. The van der Waals surface area contributed by atoms with Crippen LogP contribution in [0.3, 0.4) is 0 Å². The van der Waals surface area contributed by atoms with E-state index in [0.29, 0.717) is 6.42 Å². The molecule has 2 aliphatic heterocycles. The van der Waals surface area contributed by atoms with E-state index in [0.717, 1.165) is 39.2 Å². The summed E-state index contributed by atoms with van der Waals surface area (Å²) in [4.78, 5) is 9.41. The van der Waals surface area contributed by atoms with Crippen LogP contribution in [0.1, 0.15) is 45.4 Å². The van der Waals surface area contributed by atoms with Crippen LogP contribution in [0.15, 0.2) is 0 Å². The highest BCUT2D eigenvalue weighted by atomic mass is 31.2. The fourth-order valence-electron chi connectivity index (χ4n) is 3.96. The molecule has 0 bridgehead atoms. The van der Waals surface area contributed by atoms with Crippen molar-refractivity contribution in [3.8, 4) is 0 Å². The van der Waals surface area contributed by atoms with Gasteiger partial charge in [-0.15, -0.1) is 0 Å². The van der Waals surface area contributed by atoms with Gasteiger partial charge in [-0.1, -0.05) is 39.0 Å². The Kier molecular flexibility index (Phi) is 13.6. The molecule has 14 nitrogen and oxygen atoms in total. The third kappa shape index (κ3) is 8.89. The van der Waals surface area contributed by atoms with Crippen LogP contribution in [-0.4, -0.2) is 124 Å². The molecule has 0 aromatic rings. The van der Waals surface area contributed by atoms with Crippen molar-refractivity contribution in [3.05, 3.63) is 0 Å². The standard InChI is InChI=1S/C21H41O14P/c1-3-4-5-6-7-8-9-31-21-19(17(26)14(23)12(10-22)33-21)35-20-18(27)16(25)15(24)13(34-20)11-32-36(28,29)30-2/h12-27H,3-11H2,1-2H3,(H,28,29)/t12-,13-,14-,15-,16+,17+,18+,19+,20-,21+/m1/s1. The maximum absolute atomic E-state index is 11.6. The molecule has 2 saturated heterocycles. The molecule has 2 rings (SSSR count). The summed E-state index contributed by atoms with van der Waals surface area (Å²) in [5.41, 5.74) is 0. The van der Waals surface area contributed by atoms with Gasteiger partial charge >= 0.3 is 7.82 Å². The fraction of sp³-hybridized carbons (Fsp3) is 1.00. The quantitative estimate of drug-likeness (QED) is 0.0942. The van der Waals surface area contributed by atoms with Gasteiger partial charge in [0.25, 0.3) is 0 Å². The van der Waals surface area contributed by atoms with E-state index in [-0.39, 0.29) is 6.61 Å². The molecule has 0 aromatic heterocycles. The van der Waals surface area contributed by atoms with Crippen LogP contribution in [-0.2, 0) is 32.6 Å². The molecular weight excluding hydrogens is 507 g/mol. The normalized spacial score (nSPS) is 39.1. The van der Waals surface area contributed by atoms with Gasteiger partial charge in [-0.3, -0.25) is 9.05 Å². The molecule has 0 aliphatic carbocycles. The molecule has 1 unspecified atom stereocenters. The Hall–Kier alpha value is -0.290. The molecular formula is C21H41O14P. The molecule has 0 saturated carbocycles. The zero-order valence-corrected chi connectivity index (χ0v) is 21.5. The third-order valence-electron chi connectivity index (χ3n) is 6.20. The molecule has 2 fully saturated rings. The first kappa shape index (κ1) is 31.9. The maximum Gasteiger partial charge on any atom is 0.472 e. The summed E-state index contributed by atoms with van der Waals surface area (Å²) in [5.74, 6) is 0. The molecule has 2 heterocycles. The first-order valence-electron chi connectivity index (χ1n) is 12.2. The van der Waals surface area contributed by atoms with E-state index in [4.69, 9.17) is 18.9 Å². The molecule has 36 heavy (non-hydrogen) atoms. The van der Waals surface area contributed by atoms with Crippen LogP contribution >= 0.6 is 7.82 Å². The van der Waals surface area contributed by atoms with Gasteiger partial charge in [-0.05, 0) is 6.42 Å². The lowest BCUT2D eigenvalue weighted by Crippen LogP contribution is -2.64. The zero-order chi connectivity index (χ0) is 26.9. The number of phosphoric acid groups is 1. The number of aliphatic hydroxyl groups is 6. The average molecular weight is 549 g/mol. The largest absolute Gasteiger partial charge is 0.472 e. The van der Waals surface area contributed by atoms with E-state index in [9.17, 15) is 40.1 Å². The van der Waals surface area contributed by atoms with E-state index >= 15 is 0 Å². The van der Waals surface area contributed by atoms with Gasteiger partial charge in [0.2, 0.25) is 0 Å².